The molecule has 0 radical (unpaired) electrons. The smallest absolute Gasteiger partial charge is 0.322 e. The van der Waals surface area contributed by atoms with Crippen LogP contribution in [0, 0.1) is 0 Å². The first-order chi connectivity index (χ1) is 11.8. The van der Waals surface area contributed by atoms with Crippen LogP contribution in [0.2, 0.25) is 0 Å². The van der Waals surface area contributed by atoms with Crippen LogP contribution in [0.25, 0.3) is 0 Å². The number of rotatable bonds is 5. The molecule has 1 aliphatic heterocycles. The fraction of sp³-hybridized carbons (Fsp3) is 0.632. The van der Waals surface area contributed by atoms with E-state index in [0.717, 1.165) is 24.5 Å². The zero-order chi connectivity index (χ0) is 18.6. The van der Waals surface area contributed by atoms with Crippen LogP contribution < -0.4 is 10.2 Å². The molecule has 1 saturated heterocycles. The molecule has 0 aromatic heterocycles. The van der Waals surface area contributed by atoms with Crippen molar-refractivity contribution in [2.75, 3.05) is 43.4 Å². The number of aliphatic hydroxyl groups is 1. The molecule has 0 bridgehead atoms. The molecule has 1 fully saturated rings. The monoisotopic (exact) mass is 348 g/mol. The largest absolute Gasteiger partial charge is 0.392 e. The molecule has 25 heavy (non-hydrogen) atoms. The fourth-order valence-electron chi connectivity index (χ4n) is 3.17. The number of β-amino-alcohol motifs (C(OH)–C–C–N with tert-alkyl or cyclic N) is 1. The van der Waals surface area contributed by atoms with Crippen LogP contribution in [0.5, 0.6) is 0 Å². The van der Waals surface area contributed by atoms with Crippen molar-refractivity contribution in [2.24, 2.45) is 0 Å². The zero-order valence-electron chi connectivity index (χ0n) is 16.1. The van der Waals surface area contributed by atoms with Gasteiger partial charge in [-0.25, -0.2) is 4.79 Å². The summed E-state index contributed by atoms with van der Waals surface area (Å²) < 4.78 is 0. The van der Waals surface area contributed by atoms with Crippen LogP contribution >= 0.6 is 0 Å². The highest BCUT2D eigenvalue weighted by atomic mass is 16.3. The Labute approximate surface area is 151 Å². The van der Waals surface area contributed by atoms with Crippen molar-refractivity contribution >= 4 is 17.4 Å². The highest BCUT2D eigenvalue weighted by Gasteiger charge is 2.27. The molecule has 6 heteroatoms. The van der Waals surface area contributed by atoms with E-state index in [2.05, 4.69) is 42.9 Å². The molecule has 1 aromatic rings. The normalized spacial score (nSPS) is 19.8. The number of urea groups is 1. The summed E-state index contributed by atoms with van der Waals surface area (Å²) >= 11 is 0. The number of anilines is 2. The van der Waals surface area contributed by atoms with Crippen LogP contribution in [-0.2, 0) is 0 Å². The maximum absolute atomic E-state index is 12.7. The van der Waals surface area contributed by atoms with Gasteiger partial charge < -0.3 is 20.2 Å². The Morgan fingerprint density at radius 1 is 1.36 bits per heavy atom. The van der Waals surface area contributed by atoms with Gasteiger partial charge in [0.15, 0.2) is 0 Å². The third-order valence-electron chi connectivity index (χ3n) is 4.77. The fourth-order valence-corrected chi connectivity index (χ4v) is 3.17. The Balaban J connectivity index is 1.97. The summed E-state index contributed by atoms with van der Waals surface area (Å²) in [6.07, 6.45) is -0.340. The molecule has 2 rings (SSSR count). The van der Waals surface area contributed by atoms with Gasteiger partial charge in [-0.05, 0) is 45.9 Å². The van der Waals surface area contributed by atoms with Crippen molar-refractivity contribution in [1.82, 2.24) is 9.80 Å². The van der Waals surface area contributed by atoms with Crippen molar-refractivity contribution in [2.45, 2.75) is 45.9 Å². The predicted molar refractivity (Wildman–Crippen MR) is 103 cm³/mol. The van der Waals surface area contributed by atoms with E-state index in [-0.39, 0.29) is 18.2 Å². The highest BCUT2D eigenvalue weighted by Crippen LogP contribution is 2.21. The molecule has 0 aliphatic carbocycles. The summed E-state index contributed by atoms with van der Waals surface area (Å²) in [6.45, 7) is 11.0. The lowest BCUT2D eigenvalue weighted by molar-refractivity contribution is 0.0692. The Morgan fingerprint density at radius 3 is 2.68 bits per heavy atom. The van der Waals surface area contributed by atoms with Gasteiger partial charge >= 0.3 is 6.03 Å². The van der Waals surface area contributed by atoms with E-state index in [0.29, 0.717) is 19.1 Å². The lowest BCUT2D eigenvalue weighted by atomic mass is 10.2. The zero-order valence-corrected chi connectivity index (χ0v) is 16.1. The van der Waals surface area contributed by atoms with Gasteiger partial charge in [-0.3, -0.25) is 4.90 Å². The van der Waals surface area contributed by atoms with Crippen molar-refractivity contribution in [3.05, 3.63) is 24.3 Å². The molecule has 2 atom stereocenters. The minimum Gasteiger partial charge on any atom is -0.392 e. The van der Waals surface area contributed by atoms with Crippen molar-refractivity contribution in [3.8, 4) is 0 Å². The minimum absolute atomic E-state index is 0.0615. The molecular weight excluding hydrogens is 316 g/mol. The van der Waals surface area contributed by atoms with Crippen LogP contribution in [0.4, 0.5) is 16.2 Å². The molecular formula is C19H32N4O2. The van der Waals surface area contributed by atoms with Crippen LogP contribution in [0.1, 0.15) is 27.7 Å². The lowest BCUT2D eigenvalue weighted by Gasteiger charge is -2.40. The maximum atomic E-state index is 12.7. The van der Waals surface area contributed by atoms with Crippen molar-refractivity contribution < 1.29 is 9.90 Å². The molecule has 1 aromatic carbocycles. The molecule has 1 heterocycles. The van der Waals surface area contributed by atoms with E-state index in [9.17, 15) is 9.90 Å². The summed E-state index contributed by atoms with van der Waals surface area (Å²) in [5, 5.41) is 12.6. The van der Waals surface area contributed by atoms with Gasteiger partial charge in [0.2, 0.25) is 0 Å². The number of nitrogens with one attached hydrogen (secondary N) is 1. The molecule has 2 amide bonds. The van der Waals surface area contributed by atoms with Gasteiger partial charge in [0.1, 0.15) is 0 Å². The highest BCUT2D eigenvalue weighted by molar-refractivity contribution is 5.90. The third-order valence-corrected chi connectivity index (χ3v) is 4.77. The quantitative estimate of drug-likeness (QED) is 0.858. The number of nitrogens with zero attached hydrogens (tertiary/aromatic N) is 3. The predicted octanol–water partition coefficient (Wildman–Crippen LogP) is 2.45. The van der Waals surface area contributed by atoms with Gasteiger partial charge in [-0.1, -0.05) is 6.07 Å². The minimum atomic E-state index is -0.340. The summed E-state index contributed by atoms with van der Waals surface area (Å²) in [4.78, 5) is 18.9. The average Bonchev–Trinajstić information content (AvgIpc) is 2.53. The van der Waals surface area contributed by atoms with E-state index in [1.54, 1.807) is 6.92 Å². The summed E-state index contributed by atoms with van der Waals surface area (Å²) in [5.41, 5.74) is 1.90. The standard InChI is InChI=1S/C19H32N4O2/c1-14(2)21(5)18-8-6-7-17(11-18)20-19(25)23-10-9-22(12-15(23)3)13-16(4)24/h6-8,11,14-16,24H,9-10,12-13H2,1-5H3,(H,20,25)/t15-,16-/m1/s1. The summed E-state index contributed by atoms with van der Waals surface area (Å²) in [7, 11) is 2.05. The molecule has 6 nitrogen and oxygen atoms in total. The molecule has 0 saturated carbocycles. The number of carbonyl (C=O) groups excluding carboxylic acids is 1. The topological polar surface area (TPSA) is 59.1 Å². The first-order valence-corrected chi connectivity index (χ1v) is 9.09. The number of carbonyl (C=O) groups is 1. The third kappa shape index (κ3) is 5.34. The Hall–Kier alpha value is -1.79. The Bertz CT molecular complexity index is 576. The van der Waals surface area contributed by atoms with Crippen LogP contribution in [0.3, 0.4) is 0 Å². The molecule has 2 N–H and O–H groups in total. The molecule has 0 unspecified atom stereocenters. The maximum Gasteiger partial charge on any atom is 0.322 e. The van der Waals surface area contributed by atoms with E-state index in [1.807, 2.05) is 29.2 Å². The van der Waals surface area contributed by atoms with Crippen LogP contribution in [-0.4, -0.2) is 72.4 Å². The lowest BCUT2D eigenvalue weighted by Crippen LogP contribution is -2.56. The number of piperazine rings is 1. The van der Waals surface area contributed by atoms with E-state index in [1.165, 1.54) is 0 Å². The second-order valence-corrected chi connectivity index (χ2v) is 7.34. The Kier molecular flexibility index (Phi) is 6.67. The number of aliphatic hydroxyl groups excluding tert-OH is 1. The van der Waals surface area contributed by atoms with Gasteiger partial charge in [-0.2, -0.15) is 0 Å². The second kappa shape index (κ2) is 8.54. The van der Waals surface area contributed by atoms with Gasteiger partial charge in [-0.15, -0.1) is 0 Å². The average molecular weight is 348 g/mol. The number of amides is 2. The first-order valence-electron chi connectivity index (χ1n) is 9.09. The van der Waals surface area contributed by atoms with Gasteiger partial charge in [0.05, 0.1) is 6.10 Å². The molecule has 140 valence electrons. The first kappa shape index (κ1) is 19.5. The van der Waals surface area contributed by atoms with Crippen molar-refractivity contribution in [3.63, 3.8) is 0 Å². The SMILES string of the molecule is CC(C)N(C)c1cccc(NC(=O)N2CCN(C[C@@H](C)O)C[C@H]2C)c1. The number of benzene rings is 1. The Morgan fingerprint density at radius 2 is 2.08 bits per heavy atom. The molecule has 1 aliphatic rings. The summed E-state index contributed by atoms with van der Waals surface area (Å²) in [5.74, 6) is 0. The van der Waals surface area contributed by atoms with Crippen LogP contribution in [0.15, 0.2) is 24.3 Å². The second-order valence-electron chi connectivity index (χ2n) is 7.34. The van der Waals surface area contributed by atoms with Gasteiger partial charge in [0, 0.05) is 56.7 Å². The number of hydrogen-bond acceptors (Lipinski definition) is 4. The van der Waals surface area contributed by atoms with E-state index < -0.39 is 0 Å². The van der Waals surface area contributed by atoms with Crippen molar-refractivity contribution in [1.29, 1.82) is 0 Å². The van der Waals surface area contributed by atoms with Gasteiger partial charge in [0.25, 0.3) is 0 Å². The molecule has 0 spiro atoms. The van der Waals surface area contributed by atoms with E-state index in [4.69, 9.17) is 0 Å². The number of hydrogen-bond donors (Lipinski definition) is 2. The van der Waals surface area contributed by atoms with E-state index >= 15 is 0 Å². The summed E-state index contributed by atoms with van der Waals surface area (Å²) in [6, 6.07) is 8.40.